The van der Waals surface area contributed by atoms with Gasteiger partial charge >= 0.3 is 0 Å². The molecule has 0 aliphatic carbocycles. The normalized spacial score (nSPS) is 10.1. The summed E-state index contributed by atoms with van der Waals surface area (Å²) in [6.07, 6.45) is 0. The predicted molar refractivity (Wildman–Crippen MR) is 82.3 cm³/mol. The number of nitro benzene ring substituents is 1. The molecule has 0 atom stereocenters. The van der Waals surface area contributed by atoms with E-state index in [0.29, 0.717) is 30.3 Å². The zero-order valence-electron chi connectivity index (χ0n) is 11.3. The fourth-order valence-corrected chi connectivity index (χ4v) is 1.80. The number of nitrogen functional groups attached to an aromatic ring is 2. The number of rotatable bonds is 6. The Morgan fingerprint density at radius 1 is 1.19 bits per heavy atom. The number of benzene rings is 2. The van der Waals surface area contributed by atoms with Gasteiger partial charge in [-0.2, -0.15) is 0 Å². The molecule has 0 unspecified atom stereocenters. The van der Waals surface area contributed by atoms with Gasteiger partial charge in [0.2, 0.25) is 0 Å². The van der Waals surface area contributed by atoms with Gasteiger partial charge < -0.3 is 21.5 Å². The Morgan fingerprint density at radius 3 is 2.67 bits per heavy atom. The van der Waals surface area contributed by atoms with E-state index in [9.17, 15) is 10.1 Å². The van der Waals surface area contributed by atoms with Gasteiger partial charge in [-0.05, 0) is 24.3 Å². The van der Waals surface area contributed by atoms with Crippen LogP contribution in [0.25, 0.3) is 0 Å². The molecule has 0 saturated heterocycles. The molecule has 21 heavy (non-hydrogen) atoms. The van der Waals surface area contributed by atoms with Crippen LogP contribution in [0.15, 0.2) is 42.5 Å². The quantitative estimate of drug-likeness (QED) is 0.325. The van der Waals surface area contributed by atoms with Gasteiger partial charge in [-0.3, -0.25) is 10.1 Å². The highest BCUT2D eigenvalue weighted by molar-refractivity contribution is 5.65. The second kappa shape index (κ2) is 6.47. The average Bonchev–Trinajstić information content (AvgIpc) is 2.43. The number of nitrogens with two attached hydrogens (primary N) is 2. The van der Waals surface area contributed by atoms with E-state index in [1.807, 2.05) is 12.1 Å². The summed E-state index contributed by atoms with van der Waals surface area (Å²) in [4.78, 5) is 10.1. The summed E-state index contributed by atoms with van der Waals surface area (Å²) < 4.78 is 5.52. The lowest BCUT2D eigenvalue weighted by Crippen LogP contribution is -2.11. The van der Waals surface area contributed by atoms with Gasteiger partial charge in [-0.15, -0.1) is 0 Å². The number of hydrogen-bond acceptors (Lipinski definition) is 6. The SMILES string of the molecule is Nc1cccc(OCCNc2ccc([N+](=O)[O-])c(N)c2)c1. The highest BCUT2D eigenvalue weighted by atomic mass is 16.6. The highest BCUT2D eigenvalue weighted by Gasteiger charge is 2.10. The second-order valence-corrected chi connectivity index (χ2v) is 4.38. The topological polar surface area (TPSA) is 116 Å². The van der Waals surface area contributed by atoms with Crippen molar-refractivity contribution in [2.24, 2.45) is 0 Å². The zero-order valence-corrected chi connectivity index (χ0v) is 11.3. The molecule has 7 nitrogen and oxygen atoms in total. The summed E-state index contributed by atoms with van der Waals surface area (Å²) in [5.41, 5.74) is 12.6. The first-order valence-corrected chi connectivity index (χ1v) is 6.32. The molecule has 0 bridgehead atoms. The minimum atomic E-state index is -0.512. The van der Waals surface area contributed by atoms with E-state index in [0.717, 1.165) is 0 Å². The molecule has 2 rings (SSSR count). The molecule has 0 aliphatic rings. The standard InChI is InChI=1S/C14H16N4O3/c15-10-2-1-3-12(8-10)21-7-6-17-11-4-5-14(18(19)20)13(16)9-11/h1-5,8-9,17H,6-7,15-16H2. The fourth-order valence-electron chi connectivity index (χ4n) is 1.80. The largest absolute Gasteiger partial charge is 0.492 e. The lowest BCUT2D eigenvalue weighted by molar-refractivity contribution is -0.383. The first-order chi connectivity index (χ1) is 10.1. The maximum Gasteiger partial charge on any atom is 0.292 e. The van der Waals surface area contributed by atoms with Gasteiger partial charge in [0.1, 0.15) is 18.0 Å². The predicted octanol–water partition coefficient (Wildman–Crippen LogP) is 2.25. The second-order valence-electron chi connectivity index (χ2n) is 4.38. The van der Waals surface area contributed by atoms with E-state index in [-0.39, 0.29) is 11.4 Å². The average molecular weight is 288 g/mol. The number of nitrogens with one attached hydrogen (secondary N) is 1. The minimum absolute atomic E-state index is 0.100. The van der Waals surface area contributed by atoms with Crippen LogP contribution in [-0.4, -0.2) is 18.1 Å². The van der Waals surface area contributed by atoms with E-state index in [1.54, 1.807) is 18.2 Å². The van der Waals surface area contributed by atoms with E-state index in [1.165, 1.54) is 12.1 Å². The van der Waals surface area contributed by atoms with Crippen LogP contribution in [0.5, 0.6) is 5.75 Å². The summed E-state index contributed by atoms with van der Waals surface area (Å²) in [5.74, 6) is 0.694. The Balaban J connectivity index is 1.84. The molecule has 0 fully saturated rings. The molecule has 2 aromatic rings. The van der Waals surface area contributed by atoms with Crippen LogP contribution >= 0.6 is 0 Å². The number of anilines is 3. The first kappa shape index (κ1) is 14.4. The summed E-state index contributed by atoms with van der Waals surface area (Å²) in [6.45, 7) is 0.965. The summed E-state index contributed by atoms with van der Waals surface area (Å²) >= 11 is 0. The molecule has 110 valence electrons. The number of ether oxygens (including phenoxy) is 1. The van der Waals surface area contributed by atoms with Crippen LogP contribution in [0.1, 0.15) is 0 Å². The van der Waals surface area contributed by atoms with Gasteiger partial charge in [0.25, 0.3) is 5.69 Å². The lowest BCUT2D eigenvalue weighted by Gasteiger charge is -2.09. The Labute approximate surface area is 121 Å². The van der Waals surface area contributed by atoms with Crippen molar-refractivity contribution in [3.05, 3.63) is 52.6 Å². The number of nitrogens with zero attached hydrogens (tertiary/aromatic N) is 1. The number of nitro groups is 1. The Hall–Kier alpha value is -2.96. The molecule has 0 saturated carbocycles. The van der Waals surface area contributed by atoms with Gasteiger partial charge in [-0.25, -0.2) is 0 Å². The zero-order chi connectivity index (χ0) is 15.2. The van der Waals surface area contributed by atoms with Crippen molar-refractivity contribution >= 4 is 22.7 Å². The van der Waals surface area contributed by atoms with Gasteiger partial charge in [0.15, 0.2) is 0 Å². The van der Waals surface area contributed by atoms with Crippen molar-refractivity contribution in [3.8, 4) is 5.75 Å². The molecule has 0 radical (unpaired) electrons. The molecule has 0 spiro atoms. The maximum atomic E-state index is 10.7. The smallest absolute Gasteiger partial charge is 0.292 e. The van der Waals surface area contributed by atoms with Crippen LogP contribution in [0.4, 0.5) is 22.7 Å². The summed E-state index contributed by atoms with van der Waals surface area (Å²) in [6, 6.07) is 11.7. The Bertz CT molecular complexity index is 646. The molecule has 0 aromatic heterocycles. The Morgan fingerprint density at radius 2 is 2.00 bits per heavy atom. The van der Waals surface area contributed by atoms with Crippen molar-refractivity contribution in [1.82, 2.24) is 0 Å². The van der Waals surface area contributed by atoms with Crippen molar-refractivity contribution in [2.75, 3.05) is 29.9 Å². The van der Waals surface area contributed by atoms with E-state index < -0.39 is 4.92 Å². The minimum Gasteiger partial charge on any atom is -0.492 e. The third-order valence-electron chi connectivity index (χ3n) is 2.78. The van der Waals surface area contributed by atoms with E-state index in [2.05, 4.69) is 5.32 Å². The lowest BCUT2D eigenvalue weighted by atomic mass is 10.2. The molecular weight excluding hydrogens is 272 g/mol. The molecule has 0 amide bonds. The molecule has 2 aromatic carbocycles. The fraction of sp³-hybridized carbons (Fsp3) is 0.143. The summed E-state index contributed by atoms with van der Waals surface area (Å²) in [5, 5.41) is 13.7. The number of hydrogen-bond donors (Lipinski definition) is 3. The van der Waals surface area contributed by atoms with E-state index in [4.69, 9.17) is 16.2 Å². The Kier molecular flexibility index (Phi) is 4.45. The third-order valence-corrected chi connectivity index (χ3v) is 2.78. The van der Waals surface area contributed by atoms with Gasteiger partial charge in [0, 0.05) is 30.1 Å². The van der Waals surface area contributed by atoms with Crippen molar-refractivity contribution in [2.45, 2.75) is 0 Å². The van der Waals surface area contributed by atoms with E-state index >= 15 is 0 Å². The van der Waals surface area contributed by atoms with Crippen LogP contribution in [0.2, 0.25) is 0 Å². The molecule has 0 heterocycles. The van der Waals surface area contributed by atoms with Crippen molar-refractivity contribution < 1.29 is 9.66 Å². The first-order valence-electron chi connectivity index (χ1n) is 6.32. The van der Waals surface area contributed by atoms with Crippen LogP contribution < -0.4 is 21.5 Å². The monoisotopic (exact) mass is 288 g/mol. The molecular formula is C14H16N4O3. The highest BCUT2D eigenvalue weighted by Crippen LogP contribution is 2.24. The van der Waals surface area contributed by atoms with Crippen molar-refractivity contribution in [1.29, 1.82) is 0 Å². The van der Waals surface area contributed by atoms with Gasteiger partial charge in [-0.1, -0.05) is 6.07 Å². The molecule has 7 heteroatoms. The van der Waals surface area contributed by atoms with Crippen LogP contribution in [0.3, 0.4) is 0 Å². The van der Waals surface area contributed by atoms with Crippen LogP contribution in [0, 0.1) is 10.1 Å². The van der Waals surface area contributed by atoms with Crippen molar-refractivity contribution in [3.63, 3.8) is 0 Å². The molecule has 5 N–H and O–H groups in total. The third kappa shape index (κ3) is 4.00. The van der Waals surface area contributed by atoms with Crippen LogP contribution in [-0.2, 0) is 0 Å². The molecule has 0 aliphatic heterocycles. The maximum absolute atomic E-state index is 10.7. The van der Waals surface area contributed by atoms with Gasteiger partial charge in [0.05, 0.1) is 4.92 Å². The summed E-state index contributed by atoms with van der Waals surface area (Å²) in [7, 11) is 0.